The number of rotatable bonds is 5. The Morgan fingerprint density at radius 2 is 1.82 bits per heavy atom. The van der Waals surface area contributed by atoms with Gasteiger partial charge in [-0.25, -0.2) is 0 Å². The summed E-state index contributed by atoms with van der Waals surface area (Å²) in [4.78, 5) is 27.7. The smallest absolute Gasteiger partial charge is 0.224 e. The molecule has 1 aromatic carbocycles. The molecule has 0 radical (unpaired) electrons. The number of likely N-dealkylation sites (tertiary alicyclic amines) is 1. The van der Waals surface area contributed by atoms with Gasteiger partial charge in [0.25, 0.3) is 0 Å². The molecular formula is C18H26N2O2. The van der Waals surface area contributed by atoms with Crippen molar-refractivity contribution >= 4 is 11.8 Å². The summed E-state index contributed by atoms with van der Waals surface area (Å²) in [6.45, 7) is 6.59. The fourth-order valence-electron chi connectivity index (χ4n) is 2.80. The van der Waals surface area contributed by atoms with Crippen molar-refractivity contribution in [2.45, 2.75) is 39.7 Å². The van der Waals surface area contributed by atoms with E-state index in [0.29, 0.717) is 19.5 Å². The second-order valence-corrected chi connectivity index (χ2v) is 6.24. The summed E-state index contributed by atoms with van der Waals surface area (Å²) in [6, 6.07) is 9.90. The molecule has 1 heterocycles. The molecule has 1 fully saturated rings. The predicted molar refractivity (Wildman–Crippen MR) is 87.1 cm³/mol. The van der Waals surface area contributed by atoms with Crippen LogP contribution in [-0.2, 0) is 16.1 Å². The molecule has 1 saturated heterocycles. The highest BCUT2D eigenvalue weighted by molar-refractivity contribution is 5.78. The Kier molecular flexibility index (Phi) is 5.99. The molecule has 0 spiro atoms. The molecule has 0 aromatic heterocycles. The normalized spacial score (nSPS) is 15.6. The Morgan fingerprint density at radius 1 is 1.18 bits per heavy atom. The lowest BCUT2D eigenvalue weighted by molar-refractivity contribution is -0.134. The van der Waals surface area contributed by atoms with E-state index in [1.165, 1.54) is 0 Å². The van der Waals surface area contributed by atoms with Crippen LogP contribution in [0.15, 0.2) is 30.3 Å². The first-order valence-corrected chi connectivity index (χ1v) is 8.13. The zero-order valence-electron chi connectivity index (χ0n) is 13.6. The maximum absolute atomic E-state index is 12.3. The second-order valence-electron chi connectivity index (χ2n) is 6.24. The summed E-state index contributed by atoms with van der Waals surface area (Å²) in [5.74, 6) is 0.908. The lowest BCUT2D eigenvalue weighted by Gasteiger charge is -2.31. The van der Waals surface area contributed by atoms with Crippen LogP contribution in [0.4, 0.5) is 0 Å². The van der Waals surface area contributed by atoms with Gasteiger partial charge in [0, 0.05) is 39.5 Å². The van der Waals surface area contributed by atoms with Crippen molar-refractivity contribution in [1.29, 1.82) is 0 Å². The molecule has 1 aliphatic rings. The molecule has 0 aliphatic carbocycles. The van der Waals surface area contributed by atoms with E-state index in [4.69, 9.17) is 0 Å². The molecule has 0 saturated carbocycles. The van der Waals surface area contributed by atoms with Crippen LogP contribution in [0.5, 0.6) is 0 Å². The van der Waals surface area contributed by atoms with Crippen molar-refractivity contribution in [3.8, 4) is 0 Å². The Balaban J connectivity index is 1.84. The highest BCUT2D eigenvalue weighted by atomic mass is 16.2. The molecule has 0 atom stereocenters. The summed E-state index contributed by atoms with van der Waals surface area (Å²) in [6.07, 6.45) is 2.60. The van der Waals surface area contributed by atoms with Gasteiger partial charge in [-0.1, -0.05) is 37.3 Å². The van der Waals surface area contributed by atoms with Gasteiger partial charge in [-0.3, -0.25) is 9.59 Å². The molecule has 1 aliphatic heterocycles. The van der Waals surface area contributed by atoms with Crippen LogP contribution in [0.2, 0.25) is 0 Å². The minimum Gasteiger partial charge on any atom is -0.343 e. The molecule has 4 nitrogen and oxygen atoms in total. The van der Waals surface area contributed by atoms with Gasteiger partial charge in [-0.2, -0.15) is 0 Å². The summed E-state index contributed by atoms with van der Waals surface area (Å²) < 4.78 is 0. The van der Waals surface area contributed by atoms with Gasteiger partial charge < -0.3 is 9.80 Å². The average Bonchev–Trinajstić information content (AvgIpc) is 2.52. The first kappa shape index (κ1) is 16.5. The number of amides is 2. The molecular weight excluding hydrogens is 276 g/mol. The Hall–Kier alpha value is -1.84. The molecule has 2 amide bonds. The van der Waals surface area contributed by atoms with E-state index < -0.39 is 0 Å². The minimum absolute atomic E-state index is 0.0175. The SMILES string of the molecule is CC(=O)N(CCC(=O)N1CCC(C)CC1)Cc1ccccc1. The predicted octanol–water partition coefficient (Wildman–Crippen LogP) is 2.68. The second kappa shape index (κ2) is 7.97. The van der Waals surface area contributed by atoms with E-state index in [9.17, 15) is 9.59 Å². The Bertz CT molecular complexity index is 493. The topological polar surface area (TPSA) is 40.6 Å². The van der Waals surface area contributed by atoms with Crippen LogP contribution in [0.1, 0.15) is 38.7 Å². The Morgan fingerprint density at radius 3 is 2.41 bits per heavy atom. The monoisotopic (exact) mass is 302 g/mol. The van der Waals surface area contributed by atoms with Crippen LogP contribution >= 0.6 is 0 Å². The highest BCUT2D eigenvalue weighted by Crippen LogP contribution is 2.17. The van der Waals surface area contributed by atoms with Crippen molar-refractivity contribution in [2.24, 2.45) is 5.92 Å². The molecule has 0 N–H and O–H groups in total. The van der Waals surface area contributed by atoms with E-state index >= 15 is 0 Å². The van der Waals surface area contributed by atoms with Gasteiger partial charge in [-0.05, 0) is 24.3 Å². The van der Waals surface area contributed by atoms with E-state index in [-0.39, 0.29) is 11.8 Å². The summed E-state index contributed by atoms with van der Waals surface area (Å²) in [5, 5.41) is 0. The number of carbonyl (C=O) groups is 2. The van der Waals surface area contributed by atoms with Crippen molar-refractivity contribution in [3.05, 3.63) is 35.9 Å². The summed E-state index contributed by atoms with van der Waals surface area (Å²) >= 11 is 0. The molecule has 0 unspecified atom stereocenters. The standard InChI is InChI=1S/C18H26N2O2/c1-15-8-11-19(12-9-15)18(22)10-13-20(16(2)21)14-17-6-4-3-5-7-17/h3-7,15H,8-14H2,1-2H3. The van der Waals surface area contributed by atoms with Crippen LogP contribution in [0.25, 0.3) is 0 Å². The Labute approximate surface area is 133 Å². The summed E-state index contributed by atoms with van der Waals surface area (Å²) in [5.41, 5.74) is 1.09. The first-order valence-electron chi connectivity index (χ1n) is 8.13. The fourth-order valence-corrected chi connectivity index (χ4v) is 2.80. The van der Waals surface area contributed by atoms with Gasteiger partial charge in [0.1, 0.15) is 0 Å². The van der Waals surface area contributed by atoms with Crippen LogP contribution in [-0.4, -0.2) is 41.2 Å². The molecule has 2 rings (SSSR count). The third-order valence-electron chi connectivity index (χ3n) is 4.39. The number of piperidine rings is 1. The molecule has 4 heteroatoms. The third kappa shape index (κ3) is 4.86. The van der Waals surface area contributed by atoms with Crippen molar-refractivity contribution in [1.82, 2.24) is 9.80 Å². The van der Waals surface area contributed by atoms with E-state index in [1.54, 1.807) is 11.8 Å². The number of hydrogen-bond acceptors (Lipinski definition) is 2. The van der Waals surface area contributed by atoms with Crippen LogP contribution in [0.3, 0.4) is 0 Å². The first-order chi connectivity index (χ1) is 10.6. The largest absolute Gasteiger partial charge is 0.343 e. The molecule has 120 valence electrons. The van der Waals surface area contributed by atoms with Crippen LogP contribution in [0, 0.1) is 5.92 Å². The minimum atomic E-state index is 0.0175. The van der Waals surface area contributed by atoms with Crippen molar-refractivity contribution in [2.75, 3.05) is 19.6 Å². The maximum atomic E-state index is 12.3. The quantitative estimate of drug-likeness (QED) is 0.839. The van der Waals surface area contributed by atoms with Crippen molar-refractivity contribution < 1.29 is 9.59 Å². The average molecular weight is 302 g/mol. The van der Waals surface area contributed by atoms with E-state index in [2.05, 4.69) is 6.92 Å². The van der Waals surface area contributed by atoms with E-state index in [0.717, 1.165) is 37.4 Å². The van der Waals surface area contributed by atoms with E-state index in [1.807, 2.05) is 35.2 Å². The number of nitrogens with zero attached hydrogens (tertiary/aromatic N) is 2. The fraction of sp³-hybridized carbons (Fsp3) is 0.556. The van der Waals surface area contributed by atoms with Gasteiger partial charge in [0.05, 0.1) is 0 Å². The van der Waals surface area contributed by atoms with Gasteiger partial charge >= 0.3 is 0 Å². The molecule has 1 aromatic rings. The summed E-state index contributed by atoms with van der Waals surface area (Å²) in [7, 11) is 0. The zero-order chi connectivity index (χ0) is 15.9. The lowest BCUT2D eigenvalue weighted by atomic mass is 9.99. The number of benzene rings is 1. The molecule has 22 heavy (non-hydrogen) atoms. The zero-order valence-corrected chi connectivity index (χ0v) is 13.6. The lowest BCUT2D eigenvalue weighted by Crippen LogP contribution is -2.40. The third-order valence-corrected chi connectivity index (χ3v) is 4.39. The van der Waals surface area contributed by atoms with Crippen LogP contribution < -0.4 is 0 Å². The van der Waals surface area contributed by atoms with Gasteiger partial charge in [0.2, 0.25) is 11.8 Å². The highest BCUT2D eigenvalue weighted by Gasteiger charge is 2.21. The molecule has 0 bridgehead atoms. The van der Waals surface area contributed by atoms with Gasteiger partial charge in [0.15, 0.2) is 0 Å². The van der Waals surface area contributed by atoms with Crippen molar-refractivity contribution in [3.63, 3.8) is 0 Å². The number of carbonyl (C=O) groups excluding carboxylic acids is 2. The number of hydrogen-bond donors (Lipinski definition) is 0. The maximum Gasteiger partial charge on any atom is 0.224 e. The van der Waals surface area contributed by atoms with Gasteiger partial charge in [-0.15, -0.1) is 0 Å².